The average Bonchev–Trinajstić information content (AvgIpc) is 2.85. The van der Waals surface area contributed by atoms with Crippen LogP contribution in [0.3, 0.4) is 0 Å². The summed E-state index contributed by atoms with van der Waals surface area (Å²) >= 11 is 3.48. The summed E-state index contributed by atoms with van der Waals surface area (Å²) in [6, 6.07) is 16.2. The third-order valence-corrected chi connectivity index (χ3v) is 5.44. The van der Waals surface area contributed by atoms with Gasteiger partial charge in [-0.05, 0) is 48.1 Å². The van der Waals surface area contributed by atoms with Crippen molar-refractivity contribution in [1.29, 1.82) is 0 Å². The number of hydrogen-bond donors (Lipinski definition) is 0. The summed E-state index contributed by atoms with van der Waals surface area (Å²) < 4.78 is 6.99. The minimum Gasteiger partial charge on any atom is -0.374 e. The molecule has 0 unspecified atom stereocenters. The van der Waals surface area contributed by atoms with Crippen LogP contribution in [-0.2, 0) is 17.9 Å². The van der Waals surface area contributed by atoms with Crippen molar-refractivity contribution in [2.45, 2.75) is 32.1 Å². The van der Waals surface area contributed by atoms with Crippen LogP contribution in [0.4, 0.5) is 0 Å². The van der Waals surface area contributed by atoms with Crippen molar-refractivity contribution in [3.8, 4) is 0 Å². The molecule has 0 atom stereocenters. The molecule has 1 aliphatic carbocycles. The Kier molecular flexibility index (Phi) is 4.42. The van der Waals surface area contributed by atoms with E-state index < -0.39 is 0 Å². The van der Waals surface area contributed by atoms with Crippen molar-refractivity contribution in [2.24, 2.45) is 5.92 Å². The predicted molar refractivity (Wildman–Crippen MR) is 96.6 cm³/mol. The van der Waals surface area contributed by atoms with Crippen molar-refractivity contribution >= 4 is 21.8 Å². The number of hydrogen-bond acceptors (Lipinski definition) is 2. The van der Waals surface area contributed by atoms with Gasteiger partial charge in [-0.15, -0.1) is 0 Å². The molecule has 0 bridgehead atoms. The zero-order valence-electron chi connectivity index (χ0n) is 13.5. The number of amides is 1. The highest BCUT2D eigenvalue weighted by Gasteiger charge is 2.35. The number of rotatable bonds is 5. The van der Waals surface area contributed by atoms with Crippen molar-refractivity contribution in [3.63, 3.8) is 0 Å². The van der Waals surface area contributed by atoms with Gasteiger partial charge in [-0.3, -0.25) is 4.79 Å². The number of halogens is 1. The number of fused-ring (bicyclic) bond motifs is 1. The van der Waals surface area contributed by atoms with Gasteiger partial charge in [-0.2, -0.15) is 0 Å². The van der Waals surface area contributed by atoms with E-state index in [0.717, 1.165) is 41.5 Å². The van der Waals surface area contributed by atoms with Crippen LogP contribution in [0.25, 0.3) is 0 Å². The fraction of sp³-hybridized carbons (Fsp3) is 0.350. The van der Waals surface area contributed by atoms with E-state index in [4.69, 9.17) is 4.74 Å². The molecule has 2 aliphatic rings. The molecule has 1 amide bonds. The van der Waals surface area contributed by atoms with Gasteiger partial charge in [0.2, 0.25) is 0 Å². The highest BCUT2D eigenvalue weighted by Crippen LogP contribution is 2.34. The highest BCUT2D eigenvalue weighted by atomic mass is 79.9. The SMILES string of the molecule is O=C1c2ccc(Br)cc2CN1CC1CC(OCc2ccccc2)C1. The lowest BCUT2D eigenvalue weighted by Crippen LogP contribution is -2.40. The standard InChI is InChI=1S/C20H20BrNO2/c21-17-6-7-19-16(10-17)12-22(20(19)23)11-15-8-18(9-15)24-13-14-4-2-1-3-5-14/h1-7,10,15,18H,8-9,11-13H2. The molecule has 4 heteroatoms. The van der Waals surface area contributed by atoms with Gasteiger partial charge in [-0.25, -0.2) is 0 Å². The minimum atomic E-state index is 0.172. The first kappa shape index (κ1) is 15.9. The van der Waals surface area contributed by atoms with Crippen molar-refractivity contribution < 1.29 is 9.53 Å². The lowest BCUT2D eigenvalue weighted by Gasteiger charge is -2.37. The van der Waals surface area contributed by atoms with Gasteiger partial charge in [0.1, 0.15) is 0 Å². The van der Waals surface area contributed by atoms with Crippen LogP contribution < -0.4 is 0 Å². The first-order valence-electron chi connectivity index (χ1n) is 8.42. The quantitative estimate of drug-likeness (QED) is 0.763. The Morgan fingerprint density at radius 3 is 2.71 bits per heavy atom. The van der Waals surface area contributed by atoms with Gasteiger partial charge in [0.05, 0.1) is 12.7 Å². The van der Waals surface area contributed by atoms with E-state index >= 15 is 0 Å². The lowest BCUT2D eigenvalue weighted by atomic mass is 9.82. The molecule has 0 radical (unpaired) electrons. The first-order valence-corrected chi connectivity index (χ1v) is 9.21. The summed E-state index contributed by atoms with van der Waals surface area (Å²) in [5, 5.41) is 0. The van der Waals surface area contributed by atoms with Gasteiger partial charge in [-0.1, -0.05) is 46.3 Å². The smallest absolute Gasteiger partial charge is 0.254 e. The van der Waals surface area contributed by atoms with Crippen LogP contribution >= 0.6 is 15.9 Å². The number of carbonyl (C=O) groups is 1. The van der Waals surface area contributed by atoms with Crippen LogP contribution in [0, 0.1) is 5.92 Å². The predicted octanol–water partition coefficient (Wildman–Crippen LogP) is 4.40. The molecule has 124 valence electrons. The van der Waals surface area contributed by atoms with Crippen LogP contribution in [-0.4, -0.2) is 23.5 Å². The number of carbonyl (C=O) groups excluding carboxylic acids is 1. The summed E-state index contributed by atoms with van der Waals surface area (Å²) in [6.45, 7) is 2.26. The Hall–Kier alpha value is -1.65. The van der Waals surface area contributed by atoms with Gasteiger partial charge in [0.25, 0.3) is 5.91 Å². The van der Waals surface area contributed by atoms with E-state index in [0.29, 0.717) is 18.6 Å². The molecular weight excluding hydrogens is 366 g/mol. The summed E-state index contributed by atoms with van der Waals surface area (Å²) in [4.78, 5) is 14.4. The van der Waals surface area contributed by atoms with Gasteiger partial charge < -0.3 is 9.64 Å². The zero-order chi connectivity index (χ0) is 16.5. The normalized spacial score (nSPS) is 22.4. The molecule has 3 nitrogen and oxygen atoms in total. The molecule has 2 aromatic rings. The fourth-order valence-corrected chi connectivity index (χ4v) is 3.97. The van der Waals surface area contributed by atoms with Crippen LogP contribution in [0.2, 0.25) is 0 Å². The molecule has 1 saturated carbocycles. The molecule has 0 spiro atoms. The van der Waals surface area contributed by atoms with Crippen molar-refractivity contribution in [1.82, 2.24) is 4.90 Å². The summed E-state index contributed by atoms with van der Waals surface area (Å²) in [6.07, 6.45) is 2.44. The van der Waals surface area contributed by atoms with E-state index in [1.165, 1.54) is 5.56 Å². The van der Waals surface area contributed by atoms with Gasteiger partial charge in [0, 0.05) is 23.1 Å². The summed E-state index contributed by atoms with van der Waals surface area (Å²) in [7, 11) is 0. The summed E-state index contributed by atoms with van der Waals surface area (Å²) in [5.74, 6) is 0.735. The van der Waals surface area contributed by atoms with Gasteiger partial charge >= 0.3 is 0 Å². The first-order chi connectivity index (χ1) is 11.7. The average molecular weight is 386 g/mol. The third-order valence-electron chi connectivity index (χ3n) is 4.95. The molecule has 0 saturated heterocycles. The third kappa shape index (κ3) is 3.26. The lowest BCUT2D eigenvalue weighted by molar-refractivity contribution is -0.0462. The van der Waals surface area contributed by atoms with Gasteiger partial charge in [0.15, 0.2) is 0 Å². The molecular formula is C20H20BrNO2. The number of nitrogens with zero attached hydrogens (tertiary/aromatic N) is 1. The molecule has 1 fully saturated rings. The monoisotopic (exact) mass is 385 g/mol. The van der Waals surface area contributed by atoms with Crippen LogP contribution in [0.1, 0.15) is 34.3 Å². The Bertz CT molecular complexity index is 741. The molecule has 1 aliphatic heterocycles. The van der Waals surface area contributed by atoms with Crippen molar-refractivity contribution in [3.05, 3.63) is 69.7 Å². The second kappa shape index (κ2) is 6.69. The molecule has 4 rings (SSSR count). The van der Waals surface area contributed by atoms with E-state index in [1.54, 1.807) is 0 Å². The Morgan fingerprint density at radius 1 is 1.12 bits per heavy atom. The van der Waals surface area contributed by atoms with Crippen LogP contribution in [0.15, 0.2) is 53.0 Å². The second-order valence-electron chi connectivity index (χ2n) is 6.74. The Labute approximate surface area is 150 Å². The van der Waals surface area contributed by atoms with E-state index in [9.17, 15) is 4.79 Å². The Balaban J connectivity index is 1.25. The van der Waals surface area contributed by atoms with E-state index in [2.05, 4.69) is 34.1 Å². The molecule has 2 aromatic carbocycles. The number of benzene rings is 2. The molecule has 0 N–H and O–H groups in total. The largest absolute Gasteiger partial charge is 0.374 e. The maximum Gasteiger partial charge on any atom is 0.254 e. The molecule has 24 heavy (non-hydrogen) atoms. The fourth-order valence-electron chi connectivity index (χ4n) is 3.56. The zero-order valence-corrected chi connectivity index (χ0v) is 15.0. The highest BCUT2D eigenvalue weighted by molar-refractivity contribution is 9.10. The topological polar surface area (TPSA) is 29.5 Å². The maximum atomic E-state index is 12.5. The van der Waals surface area contributed by atoms with Crippen LogP contribution in [0.5, 0.6) is 0 Å². The molecule has 0 aromatic heterocycles. The van der Waals surface area contributed by atoms with Crippen molar-refractivity contribution in [2.75, 3.05) is 6.54 Å². The number of ether oxygens (including phenoxy) is 1. The molecule has 1 heterocycles. The Morgan fingerprint density at radius 2 is 1.92 bits per heavy atom. The second-order valence-corrected chi connectivity index (χ2v) is 7.66. The summed E-state index contributed by atoms with van der Waals surface area (Å²) in [5.41, 5.74) is 3.21. The minimum absolute atomic E-state index is 0.172. The van der Waals surface area contributed by atoms with E-state index in [1.807, 2.05) is 35.2 Å². The van der Waals surface area contributed by atoms with E-state index in [-0.39, 0.29) is 5.91 Å². The maximum absolute atomic E-state index is 12.5.